The van der Waals surface area contributed by atoms with Crippen LogP contribution >= 0.6 is 11.6 Å². The Labute approximate surface area is 204 Å². The summed E-state index contributed by atoms with van der Waals surface area (Å²) in [5, 5.41) is 3.19. The van der Waals surface area contributed by atoms with E-state index in [1.165, 1.54) is 24.4 Å². The summed E-state index contributed by atoms with van der Waals surface area (Å²) < 4.78 is 81.5. The first kappa shape index (κ1) is 25.6. The van der Waals surface area contributed by atoms with Gasteiger partial charge in [-0.1, -0.05) is 17.7 Å². The Morgan fingerprint density at radius 3 is 2.57 bits per heavy atom. The van der Waals surface area contributed by atoms with Crippen LogP contribution in [-0.2, 0) is 27.7 Å². The summed E-state index contributed by atoms with van der Waals surface area (Å²) in [7, 11) is -3.78. The zero-order valence-electron chi connectivity index (χ0n) is 18.6. The van der Waals surface area contributed by atoms with Gasteiger partial charge in [0.05, 0.1) is 28.9 Å². The standard InChI is InChI=1S/C22H23ClF4N4O3S/c1-35(33,34)30-18-3-2-8-31(21(18)32)20(22(25,26)27)17-7-5-13(11-28-17)29-14-9-12-4-6-16(23)19(24)15(12)10-14/h4-7,11,14,18,20,29-30H,2-3,8-10H2,1H3. The summed E-state index contributed by atoms with van der Waals surface area (Å²) in [5.41, 5.74) is 1.38. The van der Waals surface area contributed by atoms with Crippen LogP contribution in [0.1, 0.15) is 35.7 Å². The quantitative estimate of drug-likeness (QED) is 0.553. The average Bonchev–Trinajstić information content (AvgIpc) is 3.16. The van der Waals surface area contributed by atoms with Crippen molar-refractivity contribution >= 4 is 33.2 Å². The number of anilines is 1. The zero-order valence-corrected chi connectivity index (χ0v) is 20.1. The lowest BCUT2D eigenvalue weighted by Crippen LogP contribution is -2.55. The molecule has 0 spiro atoms. The van der Waals surface area contributed by atoms with Crippen LogP contribution in [0.3, 0.4) is 0 Å². The molecular formula is C22H23ClF4N4O3S. The van der Waals surface area contributed by atoms with E-state index in [0.717, 1.165) is 11.8 Å². The van der Waals surface area contributed by atoms with Crippen molar-refractivity contribution in [1.82, 2.24) is 14.6 Å². The molecule has 35 heavy (non-hydrogen) atoms. The van der Waals surface area contributed by atoms with E-state index >= 15 is 0 Å². The first-order valence-electron chi connectivity index (χ1n) is 10.9. The molecule has 1 fully saturated rings. The topological polar surface area (TPSA) is 91.4 Å². The van der Waals surface area contributed by atoms with Gasteiger partial charge in [0.2, 0.25) is 15.9 Å². The summed E-state index contributed by atoms with van der Waals surface area (Å²) in [6, 6.07) is 2.08. The molecule has 0 bridgehead atoms. The van der Waals surface area contributed by atoms with E-state index in [2.05, 4.69) is 15.0 Å². The van der Waals surface area contributed by atoms with Gasteiger partial charge in [0.25, 0.3) is 0 Å². The molecule has 13 heteroatoms. The maximum Gasteiger partial charge on any atom is 0.414 e. The maximum absolute atomic E-state index is 14.2. The number of carbonyl (C=O) groups excluding carboxylic acids is 1. The van der Waals surface area contributed by atoms with Gasteiger partial charge in [-0.05, 0) is 55.0 Å². The summed E-state index contributed by atoms with van der Waals surface area (Å²) >= 11 is 5.84. The fraction of sp³-hybridized carbons (Fsp3) is 0.455. The number of pyridine rings is 1. The van der Waals surface area contributed by atoms with Crippen LogP contribution in [0, 0.1) is 5.82 Å². The lowest BCUT2D eigenvalue weighted by molar-refractivity contribution is -0.196. The molecule has 0 saturated carbocycles. The second-order valence-electron chi connectivity index (χ2n) is 8.78. The lowest BCUT2D eigenvalue weighted by atomic mass is 10.0. The van der Waals surface area contributed by atoms with Crippen LogP contribution in [-0.4, -0.2) is 55.3 Å². The van der Waals surface area contributed by atoms with Gasteiger partial charge < -0.3 is 10.2 Å². The van der Waals surface area contributed by atoms with Crippen molar-refractivity contribution in [2.45, 2.75) is 50.0 Å². The van der Waals surface area contributed by atoms with Gasteiger partial charge in [-0.3, -0.25) is 9.78 Å². The van der Waals surface area contributed by atoms with Gasteiger partial charge in [-0.25, -0.2) is 17.5 Å². The molecule has 1 aromatic carbocycles. The van der Waals surface area contributed by atoms with Gasteiger partial charge in [0.1, 0.15) is 11.9 Å². The molecule has 2 heterocycles. The molecule has 190 valence electrons. The monoisotopic (exact) mass is 534 g/mol. The van der Waals surface area contributed by atoms with E-state index in [4.69, 9.17) is 11.6 Å². The van der Waals surface area contributed by atoms with Gasteiger partial charge >= 0.3 is 6.18 Å². The number of nitrogens with zero attached hydrogens (tertiary/aromatic N) is 2. The fourth-order valence-corrected chi connectivity index (χ4v) is 5.56. The number of amides is 1. The molecule has 1 saturated heterocycles. The summed E-state index contributed by atoms with van der Waals surface area (Å²) in [6.07, 6.45) is -1.54. The van der Waals surface area contributed by atoms with Crippen LogP contribution in [0.25, 0.3) is 0 Å². The van der Waals surface area contributed by atoms with Gasteiger partial charge in [-0.2, -0.15) is 13.2 Å². The molecule has 0 radical (unpaired) electrons. The molecule has 1 aliphatic heterocycles. The molecule has 1 amide bonds. The highest BCUT2D eigenvalue weighted by molar-refractivity contribution is 7.88. The van der Waals surface area contributed by atoms with Crippen molar-refractivity contribution in [3.05, 3.63) is 58.1 Å². The number of halogens is 5. The number of sulfonamides is 1. The minimum atomic E-state index is -4.82. The minimum Gasteiger partial charge on any atom is -0.380 e. The molecule has 2 N–H and O–H groups in total. The summed E-state index contributed by atoms with van der Waals surface area (Å²) in [5.74, 6) is -1.41. The van der Waals surface area contributed by atoms with E-state index < -0.39 is 40.0 Å². The van der Waals surface area contributed by atoms with E-state index in [1.54, 1.807) is 6.07 Å². The second kappa shape index (κ2) is 9.55. The Balaban J connectivity index is 1.51. The first-order chi connectivity index (χ1) is 16.3. The van der Waals surface area contributed by atoms with Gasteiger partial charge in [0.15, 0.2) is 6.04 Å². The predicted octanol–water partition coefficient (Wildman–Crippen LogP) is 3.60. The molecule has 3 unspecified atom stereocenters. The maximum atomic E-state index is 14.2. The highest BCUT2D eigenvalue weighted by atomic mass is 35.5. The smallest absolute Gasteiger partial charge is 0.380 e. The van der Waals surface area contributed by atoms with Crippen molar-refractivity contribution in [3.63, 3.8) is 0 Å². The van der Waals surface area contributed by atoms with Gasteiger partial charge in [-0.15, -0.1) is 0 Å². The third-order valence-electron chi connectivity index (χ3n) is 6.10. The average molecular weight is 535 g/mol. The van der Waals surface area contributed by atoms with Crippen molar-refractivity contribution in [2.24, 2.45) is 0 Å². The van der Waals surface area contributed by atoms with E-state index in [-0.39, 0.29) is 36.1 Å². The molecule has 1 aliphatic carbocycles. The number of nitrogens with one attached hydrogen (secondary N) is 2. The Kier molecular flexibility index (Phi) is 7.00. The van der Waals surface area contributed by atoms with Crippen LogP contribution < -0.4 is 10.0 Å². The summed E-state index contributed by atoms with van der Waals surface area (Å²) in [6.45, 7) is -0.179. The van der Waals surface area contributed by atoms with Crippen molar-refractivity contribution in [1.29, 1.82) is 0 Å². The molecule has 2 aromatic rings. The van der Waals surface area contributed by atoms with Crippen molar-refractivity contribution in [2.75, 3.05) is 18.1 Å². The number of hydrogen-bond acceptors (Lipinski definition) is 5. The Morgan fingerprint density at radius 2 is 1.94 bits per heavy atom. The molecular weight excluding hydrogens is 512 g/mol. The van der Waals surface area contributed by atoms with E-state index in [0.29, 0.717) is 29.0 Å². The van der Waals surface area contributed by atoms with Gasteiger partial charge in [0, 0.05) is 12.6 Å². The molecule has 3 atom stereocenters. The van der Waals surface area contributed by atoms with Crippen LogP contribution in [0.5, 0.6) is 0 Å². The van der Waals surface area contributed by atoms with Crippen LogP contribution in [0.15, 0.2) is 30.5 Å². The molecule has 7 nitrogen and oxygen atoms in total. The number of carbonyl (C=O) groups is 1. The van der Waals surface area contributed by atoms with Crippen molar-refractivity contribution in [3.8, 4) is 0 Å². The number of hydrogen-bond donors (Lipinski definition) is 2. The number of fused-ring (bicyclic) bond motifs is 1. The minimum absolute atomic E-state index is 0.0369. The SMILES string of the molecule is CS(=O)(=O)NC1CCCN(C(c2ccc(NC3Cc4ccc(Cl)c(F)c4C3)cn2)C(F)(F)F)C1=O. The Hall–Kier alpha value is -2.44. The number of alkyl halides is 3. The van der Waals surface area contributed by atoms with Crippen LogP contribution in [0.4, 0.5) is 23.2 Å². The largest absolute Gasteiger partial charge is 0.414 e. The highest BCUT2D eigenvalue weighted by Crippen LogP contribution is 2.39. The fourth-order valence-electron chi connectivity index (χ4n) is 4.65. The Morgan fingerprint density at radius 1 is 1.20 bits per heavy atom. The number of aromatic nitrogens is 1. The molecule has 2 aliphatic rings. The normalized spacial score (nSPS) is 21.7. The van der Waals surface area contributed by atoms with E-state index in [1.807, 2.05) is 0 Å². The number of piperidine rings is 1. The van der Waals surface area contributed by atoms with Crippen molar-refractivity contribution < 1.29 is 30.8 Å². The predicted molar refractivity (Wildman–Crippen MR) is 122 cm³/mol. The lowest BCUT2D eigenvalue weighted by Gasteiger charge is -2.38. The second-order valence-corrected chi connectivity index (χ2v) is 11.0. The van der Waals surface area contributed by atoms with Crippen LogP contribution in [0.2, 0.25) is 5.02 Å². The third kappa shape index (κ3) is 5.70. The third-order valence-corrected chi connectivity index (χ3v) is 7.10. The zero-order chi connectivity index (χ0) is 25.5. The Bertz CT molecular complexity index is 1220. The highest BCUT2D eigenvalue weighted by Gasteiger charge is 2.49. The number of rotatable bonds is 6. The molecule has 1 aromatic heterocycles. The number of likely N-dealkylation sites (tertiary alicyclic amines) is 1. The number of benzene rings is 1. The first-order valence-corrected chi connectivity index (χ1v) is 13.1. The summed E-state index contributed by atoms with van der Waals surface area (Å²) in [4.78, 5) is 17.3. The van der Waals surface area contributed by atoms with E-state index in [9.17, 15) is 30.8 Å². The molecule has 4 rings (SSSR count).